The minimum Gasteiger partial charge on any atom is -0.306 e. The molecule has 0 aromatic rings. The predicted octanol–water partition coefficient (Wildman–Crippen LogP) is 1.44. The number of nitrogens with one attached hydrogen (secondary N) is 1. The zero-order valence-corrected chi connectivity index (χ0v) is 6.07. The molecule has 0 rings (SSSR count). The van der Waals surface area contributed by atoms with Crippen molar-refractivity contribution in [1.82, 2.24) is 5.32 Å². The van der Waals surface area contributed by atoms with Crippen molar-refractivity contribution in [1.29, 1.82) is 5.26 Å². The Morgan fingerprint density at radius 3 is 2.36 bits per heavy atom. The molecule has 2 nitrogen and oxygen atoms in total. The Balaban J connectivity index is 4.01. The van der Waals surface area contributed by atoms with E-state index >= 15 is 0 Å². The molecule has 1 atom stereocenters. The average Bonchev–Trinajstić information content (AvgIpc) is 1.85. The van der Waals surface area contributed by atoms with Crippen molar-refractivity contribution in [2.75, 3.05) is 6.54 Å². The third-order valence-electron chi connectivity index (χ3n) is 1.14. The SMILES string of the molecule is CCNC(CC#N)C(F)(F)F. The fraction of sp³-hybridized carbons (Fsp3) is 0.833. The monoisotopic (exact) mass is 166 g/mol. The van der Waals surface area contributed by atoms with Crippen LogP contribution in [0.25, 0.3) is 0 Å². The van der Waals surface area contributed by atoms with Crippen LogP contribution in [-0.2, 0) is 0 Å². The lowest BCUT2D eigenvalue weighted by Crippen LogP contribution is -2.41. The van der Waals surface area contributed by atoms with Gasteiger partial charge in [0.05, 0.1) is 12.5 Å². The minimum absolute atomic E-state index is 0.214. The topological polar surface area (TPSA) is 35.8 Å². The van der Waals surface area contributed by atoms with E-state index in [4.69, 9.17) is 5.26 Å². The number of rotatable bonds is 3. The van der Waals surface area contributed by atoms with Crippen molar-refractivity contribution in [3.63, 3.8) is 0 Å². The highest BCUT2D eigenvalue weighted by molar-refractivity contribution is 4.85. The van der Waals surface area contributed by atoms with E-state index in [0.29, 0.717) is 0 Å². The Kier molecular flexibility index (Phi) is 3.90. The Labute approximate surface area is 63.0 Å². The molecule has 0 heterocycles. The van der Waals surface area contributed by atoms with Crippen LogP contribution in [0.5, 0.6) is 0 Å². The van der Waals surface area contributed by atoms with Gasteiger partial charge in [-0.15, -0.1) is 0 Å². The number of hydrogen-bond acceptors (Lipinski definition) is 2. The number of hydrogen-bond donors (Lipinski definition) is 1. The highest BCUT2D eigenvalue weighted by atomic mass is 19.4. The Hall–Kier alpha value is -0.760. The fourth-order valence-electron chi connectivity index (χ4n) is 0.641. The van der Waals surface area contributed by atoms with E-state index in [1.54, 1.807) is 6.92 Å². The standard InChI is InChI=1S/C6H9F3N2/c1-2-11-5(3-4-10)6(7,8)9/h5,11H,2-3H2,1H3. The van der Waals surface area contributed by atoms with Gasteiger partial charge < -0.3 is 5.32 Å². The maximum absolute atomic E-state index is 11.9. The summed E-state index contributed by atoms with van der Waals surface area (Å²) in [6.07, 6.45) is -4.84. The first-order valence-electron chi connectivity index (χ1n) is 3.19. The molecule has 0 spiro atoms. The average molecular weight is 166 g/mol. The molecule has 5 heteroatoms. The number of nitrogens with zero attached hydrogens (tertiary/aromatic N) is 1. The van der Waals surface area contributed by atoms with Crippen LogP contribution < -0.4 is 5.32 Å². The lowest BCUT2D eigenvalue weighted by molar-refractivity contribution is -0.154. The molecule has 0 aliphatic carbocycles. The van der Waals surface area contributed by atoms with Crippen LogP contribution in [0.1, 0.15) is 13.3 Å². The Morgan fingerprint density at radius 2 is 2.09 bits per heavy atom. The van der Waals surface area contributed by atoms with Gasteiger partial charge in [0.2, 0.25) is 0 Å². The van der Waals surface area contributed by atoms with Gasteiger partial charge in [-0.1, -0.05) is 6.92 Å². The third-order valence-corrected chi connectivity index (χ3v) is 1.14. The number of alkyl halides is 3. The molecule has 0 radical (unpaired) electrons. The van der Waals surface area contributed by atoms with Crippen LogP contribution in [0.4, 0.5) is 13.2 Å². The van der Waals surface area contributed by atoms with Crippen LogP contribution >= 0.6 is 0 Å². The second-order valence-corrected chi connectivity index (χ2v) is 2.01. The smallest absolute Gasteiger partial charge is 0.306 e. The summed E-state index contributed by atoms with van der Waals surface area (Å²) >= 11 is 0. The van der Waals surface area contributed by atoms with E-state index in [0.717, 1.165) is 0 Å². The molecule has 0 fully saturated rings. The van der Waals surface area contributed by atoms with Gasteiger partial charge in [-0.05, 0) is 6.54 Å². The summed E-state index contributed by atoms with van der Waals surface area (Å²) in [6.45, 7) is 1.78. The molecule has 0 aromatic heterocycles. The molecule has 0 saturated heterocycles. The van der Waals surface area contributed by atoms with Gasteiger partial charge in [0.25, 0.3) is 0 Å². The summed E-state index contributed by atoms with van der Waals surface area (Å²) in [5.41, 5.74) is 0. The summed E-state index contributed by atoms with van der Waals surface area (Å²) in [4.78, 5) is 0. The lowest BCUT2D eigenvalue weighted by Gasteiger charge is -2.17. The maximum Gasteiger partial charge on any atom is 0.404 e. The predicted molar refractivity (Wildman–Crippen MR) is 33.7 cm³/mol. The fourth-order valence-corrected chi connectivity index (χ4v) is 0.641. The molecule has 0 aliphatic rings. The molecule has 0 aromatic carbocycles. The largest absolute Gasteiger partial charge is 0.404 e. The van der Waals surface area contributed by atoms with Crippen molar-refractivity contribution >= 4 is 0 Å². The van der Waals surface area contributed by atoms with Gasteiger partial charge in [-0.3, -0.25) is 0 Å². The molecule has 1 N–H and O–H groups in total. The summed E-state index contributed by atoms with van der Waals surface area (Å²) in [5.74, 6) is 0. The first kappa shape index (κ1) is 10.2. The zero-order chi connectivity index (χ0) is 8.91. The highest BCUT2D eigenvalue weighted by Gasteiger charge is 2.38. The van der Waals surface area contributed by atoms with Gasteiger partial charge in [0, 0.05) is 0 Å². The number of nitriles is 1. The Morgan fingerprint density at radius 1 is 1.55 bits per heavy atom. The van der Waals surface area contributed by atoms with E-state index in [9.17, 15) is 13.2 Å². The van der Waals surface area contributed by atoms with Gasteiger partial charge in [-0.25, -0.2) is 0 Å². The first-order valence-corrected chi connectivity index (χ1v) is 3.19. The molecule has 64 valence electrons. The summed E-state index contributed by atoms with van der Waals surface area (Å²) in [7, 11) is 0. The normalized spacial score (nSPS) is 14.1. The first-order chi connectivity index (χ1) is 5.02. The van der Waals surface area contributed by atoms with Crippen LogP contribution in [0.3, 0.4) is 0 Å². The van der Waals surface area contributed by atoms with Gasteiger partial charge in [-0.2, -0.15) is 18.4 Å². The second kappa shape index (κ2) is 4.19. The van der Waals surface area contributed by atoms with Crippen LogP contribution in [-0.4, -0.2) is 18.8 Å². The lowest BCUT2D eigenvalue weighted by atomic mass is 10.2. The van der Waals surface area contributed by atoms with Gasteiger partial charge in [0.15, 0.2) is 0 Å². The molecule has 11 heavy (non-hydrogen) atoms. The molecular formula is C6H9F3N2. The summed E-state index contributed by atoms with van der Waals surface area (Å²) < 4.78 is 35.6. The van der Waals surface area contributed by atoms with E-state index in [1.807, 2.05) is 0 Å². The van der Waals surface area contributed by atoms with E-state index in [-0.39, 0.29) is 6.54 Å². The van der Waals surface area contributed by atoms with Gasteiger partial charge >= 0.3 is 6.18 Å². The van der Waals surface area contributed by atoms with Crippen molar-refractivity contribution in [2.24, 2.45) is 0 Å². The molecule has 1 unspecified atom stereocenters. The van der Waals surface area contributed by atoms with Crippen LogP contribution in [0.2, 0.25) is 0 Å². The minimum atomic E-state index is -4.31. The van der Waals surface area contributed by atoms with E-state index in [2.05, 4.69) is 5.32 Å². The molecule has 0 amide bonds. The molecule has 0 aliphatic heterocycles. The Bertz CT molecular complexity index is 147. The number of halogens is 3. The second-order valence-electron chi connectivity index (χ2n) is 2.01. The van der Waals surface area contributed by atoms with E-state index in [1.165, 1.54) is 6.07 Å². The van der Waals surface area contributed by atoms with Crippen molar-refractivity contribution in [2.45, 2.75) is 25.6 Å². The molecule has 0 saturated carbocycles. The van der Waals surface area contributed by atoms with E-state index < -0.39 is 18.6 Å². The van der Waals surface area contributed by atoms with Gasteiger partial charge in [0.1, 0.15) is 6.04 Å². The van der Waals surface area contributed by atoms with Crippen molar-refractivity contribution < 1.29 is 13.2 Å². The van der Waals surface area contributed by atoms with Crippen LogP contribution in [0.15, 0.2) is 0 Å². The van der Waals surface area contributed by atoms with Crippen LogP contribution in [0, 0.1) is 11.3 Å². The van der Waals surface area contributed by atoms with Crippen molar-refractivity contribution in [3.8, 4) is 6.07 Å². The van der Waals surface area contributed by atoms with Crippen molar-refractivity contribution in [3.05, 3.63) is 0 Å². The quantitative estimate of drug-likeness (QED) is 0.688. The third kappa shape index (κ3) is 3.83. The summed E-state index contributed by atoms with van der Waals surface area (Å²) in [5, 5.41) is 10.2. The highest BCUT2D eigenvalue weighted by Crippen LogP contribution is 2.21. The molecule has 0 bridgehead atoms. The summed E-state index contributed by atoms with van der Waals surface area (Å²) in [6, 6.07) is -0.206. The molecular weight excluding hydrogens is 157 g/mol. The zero-order valence-electron chi connectivity index (χ0n) is 6.07. The maximum atomic E-state index is 11.9.